The van der Waals surface area contributed by atoms with Gasteiger partial charge >= 0.3 is 0 Å². The van der Waals surface area contributed by atoms with Gasteiger partial charge in [-0.15, -0.1) is 0 Å². The van der Waals surface area contributed by atoms with Crippen molar-refractivity contribution in [1.29, 1.82) is 5.26 Å². The first-order chi connectivity index (χ1) is 14.2. The number of benzene rings is 2. The maximum Gasteiger partial charge on any atom is 0.244 e. The summed E-state index contributed by atoms with van der Waals surface area (Å²) in [6, 6.07) is 11.2. The van der Waals surface area contributed by atoms with E-state index in [1.165, 1.54) is 28.6 Å². The largest absolute Gasteiger partial charge is 0.323 e. The van der Waals surface area contributed by atoms with Crippen LogP contribution in [0.1, 0.15) is 12.5 Å². The van der Waals surface area contributed by atoms with Crippen molar-refractivity contribution in [2.45, 2.75) is 17.9 Å². The fourth-order valence-electron chi connectivity index (χ4n) is 3.25. The SMILES string of the molecule is C[C@H](C(=O)Nc1ccc(F)cc1Cl)N1CCN(S(=O)(=O)c2ccccc2C#N)CC1. The molecule has 30 heavy (non-hydrogen) atoms. The Morgan fingerprint density at radius 1 is 1.20 bits per heavy atom. The number of nitrogens with zero attached hydrogens (tertiary/aromatic N) is 3. The zero-order chi connectivity index (χ0) is 21.9. The van der Waals surface area contributed by atoms with Gasteiger partial charge in [-0.3, -0.25) is 9.69 Å². The minimum atomic E-state index is -3.80. The molecule has 7 nitrogen and oxygen atoms in total. The summed E-state index contributed by atoms with van der Waals surface area (Å²) >= 11 is 5.95. The number of hydrogen-bond donors (Lipinski definition) is 1. The van der Waals surface area contributed by atoms with Gasteiger partial charge in [-0.25, -0.2) is 12.8 Å². The van der Waals surface area contributed by atoms with E-state index in [1.54, 1.807) is 19.1 Å². The number of rotatable bonds is 5. The Labute approximate surface area is 179 Å². The van der Waals surface area contributed by atoms with Gasteiger partial charge in [0.15, 0.2) is 0 Å². The van der Waals surface area contributed by atoms with Gasteiger partial charge in [-0.05, 0) is 37.3 Å². The van der Waals surface area contributed by atoms with E-state index >= 15 is 0 Å². The van der Waals surface area contributed by atoms with E-state index in [4.69, 9.17) is 11.6 Å². The third kappa shape index (κ3) is 4.63. The van der Waals surface area contributed by atoms with Gasteiger partial charge < -0.3 is 5.32 Å². The highest BCUT2D eigenvalue weighted by Crippen LogP contribution is 2.24. The molecule has 1 amide bonds. The van der Waals surface area contributed by atoms with E-state index in [-0.39, 0.29) is 34.5 Å². The van der Waals surface area contributed by atoms with Crippen LogP contribution < -0.4 is 5.32 Å². The normalized spacial score (nSPS) is 16.6. The summed E-state index contributed by atoms with van der Waals surface area (Å²) in [5.41, 5.74) is 0.410. The van der Waals surface area contributed by atoms with Crippen molar-refractivity contribution in [2.24, 2.45) is 0 Å². The molecule has 0 aromatic heterocycles. The zero-order valence-electron chi connectivity index (χ0n) is 16.2. The smallest absolute Gasteiger partial charge is 0.244 e. The molecule has 1 fully saturated rings. The van der Waals surface area contributed by atoms with E-state index in [1.807, 2.05) is 11.0 Å². The number of anilines is 1. The topological polar surface area (TPSA) is 93.5 Å². The van der Waals surface area contributed by atoms with Crippen LogP contribution in [-0.2, 0) is 14.8 Å². The van der Waals surface area contributed by atoms with Crippen LogP contribution in [0, 0.1) is 17.1 Å². The Hall–Kier alpha value is -2.51. The van der Waals surface area contributed by atoms with Crippen molar-refractivity contribution in [1.82, 2.24) is 9.21 Å². The van der Waals surface area contributed by atoms with Crippen LogP contribution in [0.5, 0.6) is 0 Å². The third-order valence-electron chi connectivity index (χ3n) is 5.01. The van der Waals surface area contributed by atoms with Gasteiger partial charge in [-0.2, -0.15) is 9.57 Å². The van der Waals surface area contributed by atoms with Gasteiger partial charge in [0.1, 0.15) is 11.9 Å². The molecule has 3 rings (SSSR count). The third-order valence-corrected chi connectivity index (χ3v) is 7.28. The van der Waals surface area contributed by atoms with Gasteiger partial charge in [0, 0.05) is 26.2 Å². The van der Waals surface area contributed by atoms with Crippen LogP contribution in [0.25, 0.3) is 0 Å². The lowest BCUT2D eigenvalue weighted by Crippen LogP contribution is -2.54. The fraction of sp³-hybridized carbons (Fsp3) is 0.300. The summed E-state index contributed by atoms with van der Waals surface area (Å²) in [5.74, 6) is -0.823. The average Bonchev–Trinajstić information content (AvgIpc) is 2.75. The first-order valence-corrected chi connectivity index (χ1v) is 11.0. The zero-order valence-corrected chi connectivity index (χ0v) is 17.8. The molecule has 0 aliphatic carbocycles. The molecule has 1 N–H and O–H groups in total. The lowest BCUT2D eigenvalue weighted by atomic mass is 10.2. The molecule has 1 aliphatic rings. The van der Waals surface area contributed by atoms with Crippen LogP contribution in [0.15, 0.2) is 47.4 Å². The molecule has 0 radical (unpaired) electrons. The van der Waals surface area contributed by atoms with Crippen molar-refractivity contribution in [3.8, 4) is 6.07 Å². The van der Waals surface area contributed by atoms with Crippen LogP contribution in [-0.4, -0.2) is 55.8 Å². The summed E-state index contributed by atoms with van der Waals surface area (Å²) in [6.07, 6.45) is 0. The quantitative estimate of drug-likeness (QED) is 0.755. The molecule has 1 heterocycles. The molecule has 0 bridgehead atoms. The predicted octanol–water partition coefficient (Wildman–Crippen LogP) is 2.68. The Kier molecular flexibility index (Phi) is 6.73. The first kappa shape index (κ1) is 22.2. The molecule has 1 saturated heterocycles. The number of amides is 1. The van der Waals surface area contributed by atoms with Gasteiger partial charge in [0.25, 0.3) is 0 Å². The molecular weight excluding hydrogens is 431 g/mol. The van der Waals surface area contributed by atoms with Gasteiger partial charge in [0.05, 0.1) is 27.2 Å². The second kappa shape index (κ2) is 9.10. The lowest BCUT2D eigenvalue weighted by molar-refractivity contribution is -0.121. The molecule has 158 valence electrons. The number of carbonyl (C=O) groups excluding carboxylic acids is 1. The van der Waals surface area contributed by atoms with Gasteiger partial charge in [-0.1, -0.05) is 23.7 Å². The molecule has 0 unspecified atom stereocenters. The molecule has 2 aromatic rings. The maximum atomic E-state index is 13.2. The standard InChI is InChI=1S/C20H20ClFN4O3S/c1-14(20(27)24-18-7-6-16(22)12-17(18)21)25-8-10-26(11-9-25)30(28,29)19-5-3-2-4-15(19)13-23/h2-7,12,14H,8-11H2,1H3,(H,24,27)/t14-/m1/s1. The Bertz CT molecular complexity index is 1100. The number of piperazine rings is 1. The van der Waals surface area contributed by atoms with E-state index in [2.05, 4.69) is 5.32 Å². The van der Waals surface area contributed by atoms with Crippen molar-refractivity contribution < 1.29 is 17.6 Å². The number of halogens is 2. The second-order valence-electron chi connectivity index (χ2n) is 6.84. The van der Waals surface area contributed by atoms with Crippen LogP contribution >= 0.6 is 11.6 Å². The van der Waals surface area contributed by atoms with Gasteiger partial charge in [0.2, 0.25) is 15.9 Å². The highest BCUT2D eigenvalue weighted by atomic mass is 35.5. The molecular formula is C20H20ClFN4O3S. The monoisotopic (exact) mass is 450 g/mol. The Morgan fingerprint density at radius 3 is 2.50 bits per heavy atom. The molecule has 1 aliphatic heterocycles. The van der Waals surface area contributed by atoms with Crippen LogP contribution in [0.3, 0.4) is 0 Å². The highest BCUT2D eigenvalue weighted by molar-refractivity contribution is 7.89. The number of carbonyl (C=O) groups is 1. The van der Waals surface area contributed by atoms with E-state index < -0.39 is 21.9 Å². The minimum absolute atomic E-state index is 0.0160. The van der Waals surface area contributed by atoms with E-state index in [0.29, 0.717) is 18.8 Å². The molecule has 0 saturated carbocycles. The van der Waals surface area contributed by atoms with Crippen molar-refractivity contribution in [2.75, 3.05) is 31.5 Å². The Morgan fingerprint density at radius 2 is 1.87 bits per heavy atom. The molecule has 10 heteroatoms. The summed E-state index contributed by atoms with van der Waals surface area (Å²) in [4.78, 5) is 14.4. The summed E-state index contributed by atoms with van der Waals surface area (Å²) < 4.78 is 40.3. The van der Waals surface area contributed by atoms with E-state index in [0.717, 1.165) is 6.07 Å². The predicted molar refractivity (Wildman–Crippen MR) is 111 cm³/mol. The second-order valence-corrected chi connectivity index (χ2v) is 9.15. The molecule has 1 atom stereocenters. The lowest BCUT2D eigenvalue weighted by Gasteiger charge is -2.36. The summed E-state index contributed by atoms with van der Waals surface area (Å²) in [6.45, 7) is 2.79. The molecule has 2 aromatic carbocycles. The summed E-state index contributed by atoms with van der Waals surface area (Å²) in [7, 11) is -3.80. The number of nitrogens with one attached hydrogen (secondary N) is 1. The average molecular weight is 451 g/mol. The number of sulfonamides is 1. The van der Waals surface area contributed by atoms with Crippen LogP contribution in [0.4, 0.5) is 10.1 Å². The van der Waals surface area contributed by atoms with Crippen LogP contribution in [0.2, 0.25) is 5.02 Å². The first-order valence-electron chi connectivity index (χ1n) is 9.23. The highest BCUT2D eigenvalue weighted by Gasteiger charge is 2.33. The van der Waals surface area contributed by atoms with Crippen molar-refractivity contribution in [3.05, 3.63) is 58.9 Å². The maximum absolute atomic E-state index is 13.2. The fourth-order valence-corrected chi connectivity index (χ4v) is 5.03. The minimum Gasteiger partial charge on any atom is -0.323 e. The van der Waals surface area contributed by atoms with E-state index in [9.17, 15) is 22.9 Å². The van der Waals surface area contributed by atoms with Crippen molar-refractivity contribution in [3.63, 3.8) is 0 Å². The number of nitriles is 1. The molecule has 0 spiro atoms. The number of hydrogen-bond acceptors (Lipinski definition) is 5. The summed E-state index contributed by atoms with van der Waals surface area (Å²) in [5, 5.41) is 12.0. The Balaban J connectivity index is 1.64. The van der Waals surface area contributed by atoms with Crippen molar-refractivity contribution >= 4 is 33.2 Å².